The predicted molar refractivity (Wildman–Crippen MR) is 88.2 cm³/mol. The van der Waals surface area contributed by atoms with Crippen LogP contribution in [0.4, 0.5) is 0 Å². The number of esters is 1. The molecule has 0 saturated carbocycles. The van der Waals surface area contributed by atoms with Gasteiger partial charge < -0.3 is 9.84 Å². The quantitative estimate of drug-likeness (QED) is 0.480. The average Bonchev–Trinajstić information content (AvgIpc) is 2.47. The normalized spacial score (nSPS) is 10.2. The van der Waals surface area contributed by atoms with Crippen LogP contribution in [0.3, 0.4) is 0 Å². The summed E-state index contributed by atoms with van der Waals surface area (Å²) in [4.78, 5) is 20.7. The topological polar surface area (TPSA) is 63.6 Å². The van der Waals surface area contributed by atoms with Gasteiger partial charge in [-0.15, -0.1) is 0 Å². The van der Waals surface area contributed by atoms with Crippen molar-refractivity contribution in [1.82, 2.24) is 0 Å². The second-order valence-corrected chi connectivity index (χ2v) is 5.09. The number of hydrogen-bond acceptors (Lipinski definition) is 3. The van der Waals surface area contributed by atoms with Crippen LogP contribution >= 0.6 is 0 Å². The van der Waals surface area contributed by atoms with E-state index in [0.717, 1.165) is 12.8 Å². The summed E-state index contributed by atoms with van der Waals surface area (Å²) in [5.74, 6) is -0.622. The molecule has 122 valence electrons. The zero-order valence-corrected chi connectivity index (χ0v) is 13.8. The van der Waals surface area contributed by atoms with E-state index in [0.29, 0.717) is 18.1 Å². The van der Waals surface area contributed by atoms with Gasteiger partial charge in [0.25, 0.3) is 0 Å². The maximum absolute atomic E-state index is 10.5. The molecule has 0 aliphatic carbocycles. The van der Waals surface area contributed by atoms with Crippen molar-refractivity contribution in [3.8, 4) is 0 Å². The first-order chi connectivity index (χ1) is 10.4. The number of carboxylic acid groups (broad SMARTS) is 1. The lowest BCUT2D eigenvalue weighted by molar-refractivity contribution is -0.140. The van der Waals surface area contributed by atoms with Crippen molar-refractivity contribution < 1.29 is 19.4 Å². The Morgan fingerprint density at radius 2 is 1.77 bits per heavy atom. The fraction of sp³-hybridized carbons (Fsp3) is 0.444. The number of hydrogen-bond donors (Lipinski definition) is 1. The third-order valence-corrected chi connectivity index (χ3v) is 2.82. The van der Waals surface area contributed by atoms with Crippen LogP contribution in [-0.2, 0) is 9.53 Å². The Balaban J connectivity index is 0.000000409. The van der Waals surface area contributed by atoms with Gasteiger partial charge in [0, 0.05) is 6.92 Å². The van der Waals surface area contributed by atoms with Crippen molar-refractivity contribution >= 4 is 11.9 Å². The summed E-state index contributed by atoms with van der Waals surface area (Å²) in [5.41, 5.74) is 1.51. The van der Waals surface area contributed by atoms with Gasteiger partial charge in [-0.3, -0.25) is 4.79 Å². The monoisotopic (exact) mass is 306 g/mol. The summed E-state index contributed by atoms with van der Waals surface area (Å²) >= 11 is 0. The minimum atomic E-state index is -0.870. The summed E-state index contributed by atoms with van der Waals surface area (Å²) in [6, 6.07) is 6.98. The highest BCUT2D eigenvalue weighted by atomic mass is 16.5. The van der Waals surface area contributed by atoms with Crippen LogP contribution in [-0.4, -0.2) is 23.7 Å². The van der Waals surface area contributed by atoms with Crippen molar-refractivity contribution in [2.24, 2.45) is 0 Å². The molecule has 0 amide bonds. The minimum absolute atomic E-state index is 0.204. The van der Waals surface area contributed by atoms with E-state index >= 15 is 0 Å². The molecule has 0 bridgehead atoms. The Kier molecular flexibility index (Phi) is 10.4. The lowest BCUT2D eigenvalue weighted by Gasteiger charge is -2.04. The number of ether oxygens (including phenoxy) is 1. The van der Waals surface area contributed by atoms with E-state index in [4.69, 9.17) is 9.84 Å². The summed E-state index contributed by atoms with van der Waals surface area (Å²) < 4.78 is 4.70. The van der Waals surface area contributed by atoms with E-state index in [1.165, 1.54) is 12.5 Å². The van der Waals surface area contributed by atoms with E-state index in [2.05, 4.69) is 26.8 Å². The molecule has 0 radical (unpaired) electrons. The SMILES string of the molecule is CC(C)c1ccc(C(=O)O)cc1.CCC=CCCOC(C)=O. The van der Waals surface area contributed by atoms with Gasteiger partial charge in [-0.25, -0.2) is 4.79 Å². The summed E-state index contributed by atoms with van der Waals surface area (Å²) in [6.45, 7) is 8.16. The predicted octanol–water partition coefficient (Wildman–Crippen LogP) is 4.41. The maximum Gasteiger partial charge on any atom is 0.335 e. The fourth-order valence-corrected chi connectivity index (χ4v) is 1.57. The van der Waals surface area contributed by atoms with Crippen LogP contribution in [0.25, 0.3) is 0 Å². The van der Waals surface area contributed by atoms with Crippen molar-refractivity contribution in [3.05, 3.63) is 47.5 Å². The van der Waals surface area contributed by atoms with Crippen LogP contribution in [0.15, 0.2) is 36.4 Å². The molecule has 0 saturated heterocycles. The van der Waals surface area contributed by atoms with Gasteiger partial charge in [0.15, 0.2) is 0 Å². The van der Waals surface area contributed by atoms with E-state index in [-0.39, 0.29) is 5.97 Å². The molecule has 0 heterocycles. The maximum atomic E-state index is 10.5. The van der Waals surface area contributed by atoms with Crippen molar-refractivity contribution in [2.75, 3.05) is 6.61 Å². The number of aromatic carboxylic acids is 1. The largest absolute Gasteiger partial charge is 0.478 e. The first-order valence-corrected chi connectivity index (χ1v) is 7.50. The summed E-state index contributed by atoms with van der Waals surface area (Å²) in [6.07, 6.45) is 5.94. The highest BCUT2D eigenvalue weighted by Gasteiger charge is 2.02. The molecular formula is C18H26O4. The second-order valence-electron chi connectivity index (χ2n) is 5.09. The molecule has 0 spiro atoms. The highest BCUT2D eigenvalue weighted by Crippen LogP contribution is 2.14. The van der Waals surface area contributed by atoms with E-state index in [9.17, 15) is 9.59 Å². The molecule has 4 heteroatoms. The molecular weight excluding hydrogens is 280 g/mol. The molecule has 1 N–H and O–H groups in total. The van der Waals surface area contributed by atoms with Gasteiger partial charge >= 0.3 is 11.9 Å². The van der Waals surface area contributed by atoms with Crippen LogP contribution in [0.1, 0.15) is 62.4 Å². The van der Waals surface area contributed by atoms with Crippen molar-refractivity contribution in [2.45, 2.75) is 46.5 Å². The van der Waals surface area contributed by atoms with Crippen molar-refractivity contribution in [3.63, 3.8) is 0 Å². The molecule has 1 rings (SSSR count). The molecule has 1 aromatic carbocycles. The van der Waals surface area contributed by atoms with Crippen LogP contribution in [0.2, 0.25) is 0 Å². The zero-order chi connectivity index (χ0) is 17.0. The van der Waals surface area contributed by atoms with Gasteiger partial charge in [-0.2, -0.15) is 0 Å². The molecule has 0 aliphatic heterocycles. The first kappa shape index (κ1) is 19.9. The second kappa shape index (κ2) is 11.5. The first-order valence-electron chi connectivity index (χ1n) is 7.50. The Hall–Kier alpha value is -2.10. The zero-order valence-electron chi connectivity index (χ0n) is 13.8. The number of benzene rings is 1. The Morgan fingerprint density at radius 1 is 1.18 bits per heavy atom. The Morgan fingerprint density at radius 3 is 2.18 bits per heavy atom. The Labute approximate surface area is 132 Å². The average molecular weight is 306 g/mol. The van der Waals surface area contributed by atoms with Crippen LogP contribution in [0.5, 0.6) is 0 Å². The van der Waals surface area contributed by atoms with Crippen LogP contribution in [0, 0.1) is 0 Å². The molecule has 0 fully saturated rings. The summed E-state index contributed by atoms with van der Waals surface area (Å²) in [7, 11) is 0. The third-order valence-electron chi connectivity index (χ3n) is 2.82. The van der Waals surface area contributed by atoms with Gasteiger partial charge in [-0.1, -0.05) is 45.1 Å². The fourth-order valence-electron chi connectivity index (χ4n) is 1.57. The van der Waals surface area contributed by atoms with E-state index in [1.54, 1.807) is 12.1 Å². The Bertz CT molecular complexity index is 472. The van der Waals surface area contributed by atoms with E-state index < -0.39 is 5.97 Å². The third kappa shape index (κ3) is 9.75. The molecule has 0 atom stereocenters. The lowest BCUT2D eigenvalue weighted by Crippen LogP contribution is -1.98. The number of allylic oxidation sites excluding steroid dienone is 1. The number of rotatable bonds is 6. The van der Waals surface area contributed by atoms with Gasteiger partial charge in [0.05, 0.1) is 12.2 Å². The molecule has 0 aliphatic rings. The number of carbonyl (C=O) groups is 2. The smallest absolute Gasteiger partial charge is 0.335 e. The molecule has 22 heavy (non-hydrogen) atoms. The molecule has 0 aromatic heterocycles. The van der Waals surface area contributed by atoms with Gasteiger partial charge in [-0.05, 0) is 36.5 Å². The molecule has 4 nitrogen and oxygen atoms in total. The lowest BCUT2D eigenvalue weighted by atomic mass is 10.0. The highest BCUT2D eigenvalue weighted by molar-refractivity contribution is 5.87. The number of carboxylic acids is 1. The van der Waals surface area contributed by atoms with Gasteiger partial charge in [0.1, 0.15) is 0 Å². The van der Waals surface area contributed by atoms with Crippen molar-refractivity contribution in [1.29, 1.82) is 0 Å². The molecule has 0 unspecified atom stereocenters. The standard InChI is InChI=1S/C10H12O2.C8H14O2/c1-7(2)8-3-5-9(6-4-8)10(11)12;1-3-4-5-6-7-10-8(2)9/h3-7H,1-2H3,(H,11,12);4-5H,3,6-7H2,1-2H3. The van der Waals surface area contributed by atoms with Gasteiger partial charge in [0.2, 0.25) is 0 Å². The van der Waals surface area contributed by atoms with E-state index in [1.807, 2.05) is 18.2 Å². The number of carbonyl (C=O) groups excluding carboxylic acids is 1. The minimum Gasteiger partial charge on any atom is -0.478 e. The van der Waals surface area contributed by atoms with Crippen LogP contribution < -0.4 is 0 Å². The summed E-state index contributed by atoms with van der Waals surface area (Å²) in [5, 5.41) is 8.61. The molecule has 1 aromatic rings.